The lowest BCUT2D eigenvalue weighted by molar-refractivity contribution is -0.174. The zero-order valence-electron chi connectivity index (χ0n) is 11.2. The second kappa shape index (κ2) is 8.47. The largest absolute Gasteiger partial charge is 0.411 e. The van der Waals surface area contributed by atoms with Gasteiger partial charge in [0.05, 0.1) is 0 Å². The Morgan fingerprint density at radius 1 is 1.00 bits per heavy atom. The highest BCUT2D eigenvalue weighted by Gasteiger charge is 2.31. The van der Waals surface area contributed by atoms with Crippen LogP contribution >= 0.6 is 34.8 Å². The molecule has 0 N–H and O–H groups in total. The van der Waals surface area contributed by atoms with Crippen molar-refractivity contribution in [2.75, 3.05) is 25.0 Å². The molecular weight excluding hydrogens is 348 g/mol. The third kappa shape index (κ3) is 6.23. The molecular formula is C14H16Cl3F3O. The first-order valence-electron chi connectivity index (χ1n) is 6.35. The number of ether oxygens (including phenoxy) is 1. The van der Waals surface area contributed by atoms with Crippen molar-refractivity contribution < 1.29 is 17.9 Å². The van der Waals surface area contributed by atoms with E-state index in [1.165, 1.54) is 0 Å². The van der Waals surface area contributed by atoms with Crippen molar-refractivity contribution in [3.05, 3.63) is 34.9 Å². The molecule has 0 saturated heterocycles. The predicted octanol–water partition coefficient (Wildman–Crippen LogP) is 5.41. The van der Waals surface area contributed by atoms with E-state index in [1.807, 2.05) is 12.1 Å². The maximum absolute atomic E-state index is 12.0. The zero-order chi connectivity index (χ0) is 15.9. The summed E-state index contributed by atoms with van der Waals surface area (Å²) < 4.78 is 40.5. The van der Waals surface area contributed by atoms with Gasteiger partial charge < -0.3 is 4.74 Å². The van der Waals surface area contributed by atoms with Crippen LogP contribution in [0.3, 0.4) is 0 Å². The van der Waals surface area contributed by atoms with Crippen molar-refractivity contribution in [3.63, 3.8) is 0 Å². The Bertz CT molecular complexity index is 416. The van der Waals surface area contributed by atoms with E-state index in [1.54, 1.807) is 12.1 Å². The van der Waals surface area contributed by atoms with Gasteiger partial charge in [-0.3, -0.25) is 0 Å². The first-order chi connectivity index (χ1) is 9.83. The van der Waals surface area contributed by atoms with Crippen LogP contribution in [0.1, 0.15) is 18.4 Å². The number of rotatable bonds is 8. The summed E-state index contributed by atoms with van der Waals surface area (Å²) in [6.45, 7) is -1.22. The van der Waals surface area contributed by atoms with E-state index in [4.69, 9.17) is 34.8 Å². The van der Waals surface area contributed by atoms with Gasteiger partial charge in [-0.25, -0.2) is 0 Å². The topological polar surface area (TPSA) is 9.23 Å². The van der Waals surface area contributed by atoms with Crippen molar-refractivity contribution in [3.8, 4) is 0 Å². The van der Waals surface area contributed by atoms with Gasteiger partial charge in [0.15, 0.2) is 0 Å². The number of halogens is 6. The van der Waals surface area contributed by atoms with Crippen LogP contribution in [0.5, 0.6) is 0 Å². The number of hydrogen-bond acceptors (Lipinski definition) is 1. The maximum atomic E-state index is 12.0. The van der Waals surface area contributed by atoms with E-state index in [-0.39, 0.29) is 18.4 Å². The third-order valence-corrected chi connectivity index (χ3v) is 4.45. The predicted molar refractivity (Wildman–Crippen MR) is 80.7 cm³/mol. The summed E-state index contributed by atoms with van der Waals surface area (Å²) in [7, 11) is 0. The molecule has 0 aromatic heterocycles. The third-order valence-electron chi connectivity index (χ3n) is 3.18. The molecule has 0 aliphatic heterocycles. The summed E-state index contributed by atoms with van der Waals surface area (Å²) in [4.78, 5) is 0. The van der Waals surface area contributed by atoms with Gasteiger partial charge in [-0.15, -0.1) is 23.2 Å². The minimum absolute atomic E-state index is 0.0165. The summed E-state index contributed by atoms with van der Waals surface area (Å²) >= 11 is 17.9. The monoisotopic (exact) mass is 362 g/mol. The zero-order valence-corrected chi connectivity index (χ0v) is 13.5. The molecule has 1 aromatic carbocycles. The molecule has 1 nitrogen and oxygen atoms in total. The van der Waals surface area contributed by atoms with Crippen LogP contribution in [0.4, 0.5) is 13.2 Å². The van der Waals surface area contributed by atoms with Gasteiger partial charge in [0.25, 0.3) is 0 Å². The molecule has 0 bridgehead atoms. The molecule has 21 heavy (non-hydrogen) atoms. The minimum atomic E-state index is -4.30. The second-order valence-corrected chi connectivity index (χ2v) is 5.80. The fourth-order valence-corrected chi connectivity index (χ4v) is 2.96. The van der Waals surface area contributed by atoms with Crippen LogP contribution in [0.15, 0.2) is 24.3 Å². The van der Waals surface area contributed by atoms with Crippen LogP contribution < -0.4 is 0 Å². The molecule has 7 heteroatoms. The fraction of sp³-hybridized carbons (Fsp3) is 0.571. The van der Waals surface area contributed by atoms with E-state index in [2.05, 4.69) is 4.74 Å². The molecule has 0 amide bonds. The molecule has 0 spiro atoms. The quantitative estimate of drug-likeness (QED) is 0.443. The Kier molecular flexibility index (Phi) is 7.62. The number of benzene rings is 1. The van der Waals surface area contributed by atoms with E-state index in [0.717, 1.165) is 5.56 Å². The molecule has 0 fully saturated rings. The molecule has 1 rings (SSSR count). The van der Waals surface area contributed by atoms with Gasteiger partial charge in [-0.05, 0) is 30.5 Å². The van der Waals surface area contributed by atoms with Crippen molar-refractivity contribution in [2.45, 2.75) is 24.4 Å². The first-order valence-corrected chi connectivity index (χ1v) is 7.80. The lowest BCUT2D eigenvalue weighted by atomic mass is 9.80. The molecule has 0 aliphatic carbocycles. The van der Waals surface area contributed by atoms with Gasteiger partial charge >= 0.3 is 6.18 Å². The Morgan fingerprint density at radius 3 is 2.05 bits per heavy atom. The van der Waals surface area contributed by atoms with Crippen molar-refractivity contribution in [2.24, 2.45) is 0 Å². The summed E-state index contributed by atoms with van der Waals surface area (Å²) in [5.74, 6) is 0.550. The van der Waals surface area contributed by atoms with Crippen molar-refractivity contribution >= 4 is 34.8 Å². The highest BCUT2D eigenvalue weighted by molar-refractivity contribution is 6.30. The van der Waals surface area contributed by atoms with E-state index < -0.39 is 18.2 Å². The average molecular weight is 364 g/mol. The summed E-state index contributed by atoms with van der Waals surface area (Å²) in [5, 5.41) is 0.602. The first kappa shape index (κ1) is 18.9. The van der Waals surface area contributed by atoms with Crippen LogP contribution in [-0.2, 0) is 10.2 Å². The molecule has 0 saturated carbocycles. The summed E-state index contributed by atoms with van der Waals surface area (Å²) in [6.07, 6.45) is -3.32. The van der Waals surface area contributed by atoms with Crippen LogP contribution in [-0.4, -0.2) is 31.2 Å². The second-order valence-electron chi connectivity index (χ2n) is 4.83. The van der Waals surface area contributed by atoms with E-state index in [9.17, 15) is 13.2 Å². The van der Waals surface area contributed by atoms with Crippen molar-refractivity contribution in [1.82, 2.24) is 0 Å². The normalized spacial score (nSPS) is 12.7. The van der Waals surface area contributed by atoms with Gasteiger partial charge in [0.2, 0.25) is 0 Å². The van der Waals surface area contributed by atoms with Crippen LogP contribution in [0, 0.1) is 0 Å². The van der Waals surface area contributed by atoms with E-state index in [0.29, 0.717) is 17.9 Å². The minimum Gasteiger partial charge on any atom is -0.372 e. The summed E-state index contributed by atoms with van der Waals surface area (Å²) in [5.41, 5.74) is 0.433. The molecule has 0 aliphatic rings. The Balaban J connectivity index is 2.59. The van der Waals surface area contributed by atoms with Gasteiger partial charge in [0.1, 0.15) is 6.61 Å². The highest BCUT2D eigenvalue weighted by Crippen LogP contribution is 2.33. The molecule has 1 aromatic rings. The maximum Gasteiger partial charge on any atom is 0.411 e. The van der Waals surface area contributed by atoms with E-state index >= 15 is 0 Å². The fourth-order valence-electron chi connectivity index (χ4n) is 1.97. The average Bonchev–Trinajstić information content (AvgIpc) is 2.43. The van der Waals surface area contributed by atoms with Gasteiger partial charge in [-0.1, -0.05) is 23.7 Å². The Morgan fingerprint density at radius 2 is 1.57 bits per heavy atom. The molecule has 0 unspecified atom stereocenters. The number of hydrogen-bond donors (Lipinski definition) is 0. The molecule has 0 radical (unpaired) electrons. The Labute approximate surface area is 137 Å². The van der Waals surface area contributed by atoms with Gasteiger partial charge in [-0.2, -0.15) is 13.2 Å². The van der Waals surface area contributed by atoms with Crippen LogP contribution in [0.25, 0.3) is 0 Å². The molecule has 0 heterocycles. The standard InChI is InChI=1S/C14H16Cl3F3O/c15-8-13(9-16,11-2-4-12(17)5-3-11)6-1-7-21-10-14(18,19)20/h2-5H,1,6-10H2. The van der Waals surface area contributed by atoms with Crippen molar-refractivity contribution in [1.29, 1.82) is 0 Å². The summed E-state index contributed by atoms with van der Waals surface area (Å²) in [6, 6.07) is 7.16. The Hall–Kier alpha value is -0.160. The SMILES string of the molecule is FC(F)(F)COCCCC(CCl)(CCl)c1ccc(Cl)cc1. The highest BCUT2D eigenvalue weighted by atomic mass is 35.5. The van der Waals surface area contributed by atoms with Gasteiger partial charge in [0, 0.05) is 28.8 Å². The lowest BCUT2D eigenvalue weighted by Gasteiger charge is -2.30. The lowest BCUT2D eigenvalue weighted by Crippen LogP contribution is -2.31. The smallest absolute Gasteiger partial charge is 0.372 e. The number of alkyl halides is 5. The molecule has 120 valence electrons. The van der Waals surface area contributed by atoms with Crippen LogP contribution in [0.2, 0.25) is 5.02 Å². The molecule has 0 atom stereocenters.